The molecule has 1 aromatic rings. The van der Waals surface area contributed by atoms with Gasteiger partial charge in [-0.3, -0.25) is 14.9 Å². The van der Waals surface area contributed by atoms with Crippen molar-refractivity contribution in [3.8, 4) is 0 Å². The van der Waals surface area contributed by atoms with E-state index in [-0.39, 0.29) is 18.4 Å². The average molecular weight is 318 g/mol. The van der Waals surface area contributed by atoms with E-state index in [1.165, 1.54) is 0 Å². The molecule has 6 nitrogen and oxygen atoms in total. The van der Waals surface area contributed by atoms with Crippen LogP contribution in [0.4, 0.5) is 18.9 Å². The summed E-state index contributed by atoms with van der Waals surface area (Å²) in [6.07, 6.45) is -5.30. The second-order valence-corrected chi connectivity index (χ2v) is 5.75. The number of nitrogens with zero attached hydrogens (tertiary/aromatic N) is 1. The Morgan fingerprint density at radius 2 is 1.84 bits per heavy atom. The molecule has 0 radical (unpaired) electrons. The predicted molar refractivity (Wildman–Crippen MR) is 56.5 cm³/mol. The van der Waals surface area contributed by atoms with Gasteiger partial charge in [-0.25, -0.2) is 8.42 Å². The zero-order chi connectivity index (χ0) is 15.0. The van der Waals surface area contributed by atoms with Crippen molar-refractivity contribution < 1.29 is 31.3 Å². The van der Waals surface area contributed by atoms with Crippen molar-refractivity contribution in [2.24, 2.45) is 0 Å². The van der Waals surface area contributed by atoms with Crippen molar-refractivity contribution in [2.45, 2.75) is 11.1 Å². The lowest BCUT2D eigenvalue weighted by Gasteiger charge is -2.09. The van der Waals surface area contributed by atoms with Crippen LogP contribution < -0.4 is 0 Å². The van der Waals surface area contributed by atoms with Crippen molar-refractivity contribution in [1.29, 1.82) is 0 Å². The maximum Gasteiger partial charge on any atom is 0.423 e. The van der Waals surface area contributed by atoms with Gasteiger partial charge in [-0.2, -0.15) is 13.2 Å². The van der Waals surface area contributed by atoms with Crippen molar-refractivity contribution >= 4 is 31.7 Å². The minimum absolute atomic E-state index is 0.0698. The molecule has 19 heavy (non-hydrogen) atoms. The second-order valence-electron chi connectivity index (χ2n) is 3.22. The summed E-state index contributed by atoms with van der Waals surface area (Å²) in [7, 11) is 0.301. The number of benzene rings is 1. The van der Waals surface area contributed by atoms with Gasteiger partial charge in [0.2, 0.25) is 0 Å². The molecule has 0 amide bonds. The van der Waals surface area contributed by atoms with Crippen LogP contribution in [0, 0.1) is 10.1 Å². The van der Waals surface area contributed by atoms with Gasteiger partial charge in [0.25, 0.3) is 14.7 Å². The van der Waals surface area contributed by atoms with Gasteiger partial charge in [0.05, 0.1) is 9.82 Å². The van der Waals surface area contributed by atoms with Gasteiger partial charge in [-0.05, 0) is 6.07 Å². The fraction of sp³-hybridized carbons (Fsp3) is 0.125. The van der Waals surface area contributed by atoms with E-state index in [4.69, 9.17) is 10.7 Å². The standard InChI is InChI=1S/C8H3ClF3NO5S/c9-19(17,18)7-2-6(13(15)16)5(8(10,11)12)1-4(7)3-14/h1-3H. The Balaban J connectivity index is 3.81. The number of nitro groups is 1. The second kappa shape index (κ2) is 4.78. The van der Waals surface area contributed by atoms with E-state index in [2.05, 4.69) is 0 Å². The van der Waals surface area contributed by atoms with E-state index < -0.39 is 41.9 Å². The lowest BCUT2D eigenvalue weighted by molar-refractivity contribution is -0.388. The third-order valence-electron chi connectivity index (χ3n) is 2.02. The van der Waals surface area contributed by atoms with Crippen molar-refractivity contribution in [2.75, 3.05) is 0 Å². The number of hydrogen-bond acceptors (Lipinski definition) is 5. The molecule has 0 bridgehead atoms. The van der Waals surface area contributed by atoms with Crippen LogP contribution in [0.3, 0.4) is 0 Å². The van der Waals surface area contributed by atoms with Crippen LogP contribution in [0.1, 0.15) is 15.9 Å². The molecule has 11 heteroatoms. The van der Waals surface area contributed by atoms with Gasteiger partial charge in [0.1, 0.15) is 5.56 Å². The van der Waals surface area contributed by atoms with Crippen molar-refractivity contribution in [3.63, 3.8) is 0 Å². The summed E-state index contributed by atoms with van der Waals surface area (Å²) in [5.74, 6) is 0. The van der Waals surface area contributed by atoms with Gasteiger partial charge < -0.3 is 0 Å². The predicted octanol–water partition coefficient (Wildman–Crippen LogP) is 2.35. The third-order valence-corrected chi connectivity index (χ3v) is 3.40. The van der Waals surface area contributed by atoms with Crippen molar-refractivity contribution in [1.82, 2.24) is 0 Å². The van der Waals surface area contributed by atoms with Gasteiger partial charge in [-0.15, -0.1) is 0 Å². The summed E-state index contributed by atoms with van der Waals surface area (Å²) in [6.45, 7) is 0. The van der Waals surface area contributed by atoms with Gasteiger partial charge in [0.15, 0.2) is 6.29 Å². The van der Waals surface area contributed by atoms with E-state index in [0.717, 1.165) is 0 Å². The summed E-state index contributed by atoms with van der Waals surface area (Å²) in [4.78, 5) is 18.6. The Morgan fingerprint density at radius 1 is 1.32 bits per heavy atom. The van der Waals surface area contributed by atoms with E-state index in [1.807, 2.05) is 0 Å². The SMILES string of the molecule is O=Cc1cc(C(F)(F)F)c([N+](=O)[O-])cc1S(=O)(=O)Cl. The molecule has 1 aromatic carbocycles. The molecule has 0 atom stereocenters. The minimum Gasteiger partial charge on any atom is -0.298 e. The van der Waals surface area contributed by atoms with Gasteiger partial charge in [-0.1, -0.05) is 0 Å². The first-order valence-corrected chi connectivity index (χ1v) is 6.59. The van der Waals surface area contributed by atoms with E-state index in [9.17, 15) is 36.5 Å². The summed E-state index contributed by atoms with van der Waals surface area (Å²) >= 11 is 0. The molecule has 0 aliphatic carbocycles. The van der Waals surface area contributed by atoms with Crippen LogP contribution in [0.25, 0.3) is 0 Å². The normalized spacial score (nSPS) is 12.2. The number of aldehydes is 1. The summed E-state index contributed by atoms with van der Waals surface area (Å²) in [5, 5.41) is 10.5. The number of carbonyl (C=O) groups is 1. The topological polar surface area (TPSA) is 94.3 Å². The largest absolute Gasteiger partial charge is 0.423 e. The number of rotatable bonds is 3. The van der Waals surface area contributed by atoms with Crippen LogP contribution in [0.5, 0.6) is 0 Å². The Labute approximate surface area is 108 Å². The maximum absolute atomic E-state index is 12.6. The zero-order valence-corrected chi connectivity index (χ0v) is 10.2. The highest BCUT2D eigenvalue weighted by Crippen LogP contribution is 2.38. The maximum atomic E-state index is 12.6. The molecule has 0 heterocycles. The monoisotopic (exact) mass is 317 g/mol. The lowest BCUT2D eigenvalue weighted by Crippen LogP contribution is -2.11. The van der Waals surface area contributed by atoms with Crippen LogP contribution in [-0.2, 0) is 15.2 Å². The molecule has 0 aromatic heterocycles. The summed E-state index contributed by atoms with van der Waals surface area (Å²) in [6, 6.07) is 0.176. The number of halogens is 4. The Kier molecular flexibility index (Phi) is 3.87. The van der Waals surface area contributed by atoms with E-state index in [1.54, 1.807) is 0 Å². The third kappa shape index (κ3) is 3.20. The molecule has 0 aliphatic heterocycles. The first-order chi connectivity index (χ1) is 8.48. The number of carbonyl (C=O) groups excluding carboxylic acids is 1. The molecular formula is C8H3ClF3NO5S. The highest BCUT2D eigenvalue weighted by Gasteiger charge is 2.40. The minimum atomic E-state index is -5.12. The van der Waals surface area contributed by atoms with Gasteiger partial charge in [0, 0.05) is 22.3 Å². The number of hydrogen-bond donors (Lipinski definition) is 0. The fourth-order valence-electron chi connectivity index (χ4n) is 1.27. The summed E-state index contributed by atoms with van der Waals surface area (Å²) < 4.78 is 59.8. The molecule has 1 rings (SSSR count). The molecule has 104 valence electrons. The van der Waals surface area contributed by atoms with Crippen LogP contribution in [0.2, 0.25) is 0 Å². The first-order valence-electron chi connectivity index (χ1n) is 4.28. The smallest absolute Gasteiger partial charge is 0.298 e. The molecule has 0 N–H and O–H groups in total. The number of nitro benzene ring substituents is 1. The first kappa shape index (κ1) is 15.4. The summed E-state index contributed by atoms with van der Waals surface area (Å²) in [5.41, 5.74) is -4.14. The average Bonchev–Trinajstić information content (AvgIpc) is 2.24. The van der Waals surface area contributed by atoms with Crippen LogP contribution in [-0.4, -0.2) is 19.6 Å². The molecule has 0 saturated carbocycles. The molecule has 0 aliphatic rings. The Morgan fingerprint density at radius 3 is 2.16 bits per heavy atom. The molecule has 0 fully saturated rings. The highest BCUT2D eigenvalue weighted by atomic mass is 35.7. The zero-order valence-electron chi connectivity index (χ0n) is 8.64. The lowest BCUT2D eigenvalue weighted by atomic mass is 10.1. The van der Waals surface area contributed by atoms with E-state index in [0.29, 0.717) is 0 Å². The van der Waals surface area contributed by atoms with Crippen LogP contribution >= 0.6 is 10.7 Å². The van der Waals surface area contributed by atoms with Gasteiger partial charge >= 0.3 is 6.18 Å². The highest BCUT2D eigenvalue weighted by molar-refractivity contribution is 8.13. The fourth-order valence-corrected chi connectivity index (χ4v) is 2.31. The molecule has 0 saturated heterocycles. The molecular weight excluding hydrogens is 315 g/mol. The molecule has 0 spiro atoms. The Hall–Kier alpha value is -1.68. The van der Waals surface area contributed by atoms with Crippen LogP contribution in [0.15, 0.2) is 17.0 Å². The van der Waals surface area contributed by atoms with Crippen molar-refractivity contribution in [3.05, 3.63) is 33.4 Å². The Bertz CT molecular complexity index is 655. The molecule has 0 unspecified atom stereocenters. The number of alkyl halides is 3. The van der Waals surface area contributed by atoms with E-state index >= 15 is 0 Å². The quantitative estimate of drug-likeness (QED) is 0.369.